The molecule has 0 saturated carbocycles. The maximum absolute atomic E-state index is 11.5. The summed E-state index contributed by atoms with van der Waals surface area (Å²) in [5.74, 6) is 1.50. The van der Waals surface area contributed by atoms with Crippen LogP contribution in [0.3, 0.4) is 0 Å². The van der Waals surface area contributed by atoms with Gasteiger partial charge in [-0.15, -0.1) is 24.0 Å². The molecule has 0 spiro atoms. The molecule has 0 radical (unpaired) electrons. The third-order valence-corrected chi connectivity index (χ3v) is 5.63. The van der Waals surface area contributed by atoms with Crippen LogP contribution in [0.2, 0.25) is 0 Å². The molecular weight excluding hydrogens is 525 g/mol. The average Bonchev–Trinajstić information content (AvgIpc) is 3.21. The molecule has 31 heavy (non-hydrogen) atoms. The number of aliphatic imine (C=N–C) groups is 1. The molecule has 3 aromatic rings. The van der Waals surface area contributed by atoms with E-state index in [4.69, 9.17) is 0 Å². The number of H-pyrrole nitrogens is 1. The van der Waals surface area contributed by atoms with Crippen LogP contribution in [0.15, 0.2) is 70.7 Å². The highest BCUT2D eigenvalue weighted by molar-refractivity contribution is 14.0. The van der Waals surface area contributed by atoms with E-state index >= 15 is 0 Å². The van der Waals surface area contributed by atoms with Gasteiger partial charge >= 0.3 is 0 Å². The van der Waals surface area contributed by atoms with Crippen molar-refractivity contribution in [2.45, 2.75) is 24.8 Å². The first-order valence-electron chi connectivity index (χ1n) is 9.86. The molecule has 2 aromatic carbocycles. The molecule has 0 aliphatic rings. The van der Waals surface area contributed by atoms with Gasteiger partial charge in [-0.2, -0.15) is 0 Å². The van der Waals surface area contributed by atoms with E-state index in [0.717, 1.165) is 35.6 Å². The molecular formula is C22H28IN5O2S. The number of hydrogen-bond acceptors (Lipinski definition) is 4. The lowest BCUT2D eigenvalue weighted by Gasteiger charge is -2.11. The van der Waals surface area contributed by atoms with Crippen LogP contribution >= 0.6 is 24.0 Å². The molecule has 3 N–H and O–H groups in total. The molecule has 1 heterocycles. The Hall–Kier alpha value is -2.40. The smallest absolute Gasteiger partial charge is 0.191 e. The molecule has 9 heteroatoms. The van der Waals surface area contributed by atoms with Crippen LogP contribution in [0.25, 0.3) is 11.3 Å². The Labute approximate surface area is 200 Å². The van der Waals surface area contributed by atoms with Crippen LogP contribution in [0.5, 0.6) is 0 Å². The second kappa shape index (κ2) is 11.8. The third kappa shape index (κ3) is 7.66. The minimum atomic E-state index is -3.16. The van der Waals surface area contributed by atoms with Gasteiger partial charge in [0.2, 0.25) is 0 Å². The first kappa shape index (κ1) is 24.9. The fourth-order valence-corrected chi connectivity index (χ4v) is 3.56. The van der Waals surface area contributed by atoms with Gasteiger partial charge in [0, 0.05) is 19.3 Å². The zero-order valence-corrected chi connectivity index (χ0v) is 20.8. The number of sulfone groups is 1. The number of imidazole rings is 1. The lowest BCUT2D eigenvalue weighted by atomic mass is 10.1. The summed E-state index contributed by atoms with van der Waals surface area (Å²) in [7, 11) is -3.16. The topological polar surface area (TPSA) is 99.2 Å². The zero-order valence-electron chi connectivity index (χ0n) is 17.6. The first-order chi connectivity index (χ1) is 14.5. The lowest BCUT2D eigenvalue weighted by molar-refractivity contribution is 0.602. The van der Waals surface area contributed by atoms with Crippen molar-refractivity contribution in [2.75, 3.05) is 19.3 Å². The van der Waals surface area contributed by atoms with Gasteiger partial charge in [-0.3, -0.25) is 0 Å². The van der Waals surface area contributed by atoms with Crippen molar-refractivity contribution in [3.63, 3.8) is 0 Å². The highest BCUT2D eigenvalue weighted by Gasteiger charge is 2.06. The van der Waals surface area contributed by atoms with Crippen LogP contribution in [-0.2, 0) is 22.8 Å². The van der Waals surface area contributed by atoms with Gasteiger partial charge < -0.3 is 15.6 Å². The second-order valence-electron chi connectivity index (χ2n) is 6.90. The summed E-state index contributed by atoms with van der Waals surface area (Å²) in [6.07, 6.45) is 3.79. The Morgan fingerprint density at radius 1 is 1.06 bits per heavy atom. The van der Waals surface area contributed by atoms with Gasteiger partial charge in [-0.05, 0) is 36.6 Å². The average molecular weight is 553 g/mol. The molecule has 0 saturated heterocycles. The number of halogens is 1. The van der Waals surface area contributed by atoms with Gasteiger partial charge in [0.05, 0.1) is 16.8 Å². The van der Waals surface area contributed by atoms with E-state index in [1.165, 1.54) is 6.26 Å². The Balaban J connectivity index is 0.00000341. The molecule has 0 aliphatic heterocycles. The monoisotopic (exact) mass is 553 g/mol. The first-order valence-corrected chi connectivity index (χ1v) is 11.8. The maximum Gasteiger partial charge on any atom is 0.191 e. The van der Waals surface area contributed by atoms with Crippen molar-refractivity contribution in [1.82, 2.24) is 20.6 Å². The SMILES string of the molecule is CCNC(=NCc1ncc(-c2ccccc2)[nH]1)NCCc1ccc(S(C)(=O)=O)cc1.I. The van der Waals surface area contributed by atoms with E-state index in [0.29, 0.717) is 23.9 Å². The summed E-state index contributed by atoms with van der Waals surface area (Å²) in [6.45, 7) is 3.88. The molecule has 7 nitrogen and oxygen atoms in total. The van der Waals surface area contributed by atoms with Crippen LogP contribution in [0.1, 0.15) is 18.3 Å². The maximum atomic E-state index is 11.5. The second-order valence-corrected chi connectivity index (χ2v) is 8.91. The number of benzene rings is 2. The van der Waals surface area contributed by atoms with Crippen LogP contribution in [0, 0.1) is 0 Å². The Morgan fingerprint density at radius 2 is 1.77 bits per heavy atom. The van der Waals surface area contributed by atoms with E-state index in [1.807, 2.05) is 55.6 Å². The number of guanidine groups is 1. The minimum Gasteiger partial charge on any atom is -0.357 e. The summed E-state index contributed by atoms with van der Waals surface area (Å²) < 4.78 is 23.1. The zero-order chi connectivity index (χ0) is 21.4. The fourth-order valence-electron chi connectivity index (χ4n) is 2.93. The van der Waals surface area contributed by atoms with Gasteiger partial charge in [0.25, 0.3) is 0 Å². The highest BCUT2D eigenvalue weighted by Crippen LogP contribution is 2.16. The van der Waals surface area contributed by atoms with Gasteiger partial charge in [0.15, 0.2) is 15.8 Å². The van der Waals surface area contributed by atoms with Crippen molar-refractivity contribution in [1.29, 1.82) is 0 Å². The van der Waals surface area contributed by atoms with Crippen molar-refractivity contribution >= 4 is 39.8 Å². The standard InChI is InChI=1S/C22H27N5O2S.HI/c1-3-23-22(24-14-13-17-9-11-19(12-10-17)30(2,28)29)26-16-21-25-15-20(27-21)18-7-5-4-6-8-18;/h4-12,15H,3,13-14,16H2,1-2H3,(H,25,27)(H2,23,24,26);1H. The quantitative estimate of drug-likeness (QED) is 0.226. The summed E-state index contributed by atoms with van der Waals surface area (Å²) >= 11 is 0. The molecule has 3 rings (SSSR count). The lowest BCUT2D eigenvalue weighted by Crippen LogP contribution is -2.38. The molecule has 0 unspecified atom stereocenters. The van der Waals surface area contributed by atoms with Crippen molar-refractivity contribution in [3.05, 3.63) is 72.2 Å². The van der Waals surface area contributed by atoms with Crippen molar-refractivity contribution < 1.29 is 8.42 Å². The van der Waals surface area contributed by atoms with Gasteiger partial charge in [-0.25, -0.2) is 18.4 Å². The van der Waals surface area contributed by atoms with Crippen LogP contribution in [0.4, 0.5) is 0 Å². The van der Waals surface area contributed by atoms with Gasteiger partial charge in [-0.1, -0.05) is 42.5 Å². The minimum absolute atomic E-state index is 0. The summed E-state index contributed by atoms with van der Waals surface area (Å²) in [5, 5.41) is 6.53. The highest BCUT2D eigenvalue weighted by atomic mass is 127. The molecule has 0 fully saturated rings. The number of aromatic nitrogens is 2. The summed E-state index contributed by atoms with van der Waals surface area (Å²) in [6, 6.07) is 17.0. The predicted octanol–water partition coefficient (Wildman–Crippen LogP) is 3.40. The molecule has 0 bridgehead atoms. The van der Waals surface area contributed by atoms with E-state index in [1.54, 1.807) is 12.1 Å². The largest absolute Gasteiger partial charge is 0.357 e. The van der Waals surface area contributed by atoms with Gasteiger partial charge in [0.1, 0.15) is 12.4 Å². The van der Waals surface area contributed by atoms with E-state index in [9.17, 15) is 8.42 Å². The molecule has 166 valence electrons. The van der Waals surface area contributed by atoms with E-state index in [2.05, 4.69) is 25.6 Å². The molecule has 0 amide bonds. The fraction of sp³-hybridized carbons (Fsp3) is 0.273. The molecule has 0 atom stereocenters. The number of aromatic amines is 1. The number of nitrogens with one attached hydrogen (secondary N) is 3. The van der Waals surface area contributed by atoms with Crippen LogP contribution < -0.4 is 10.6 Å². The van der Waals surface area contributed by atoms with Crippen molar-refractivity contribution in [2.24, 2.45) is 4.99 Å². The Kier molecular flexibility index (Phi) is 9.50. The number of hydrogen-bond donors (Lipinski definition) is 3. The molecule has 1 aromatic heterocycles. The van der Waals surface area contributed by atoms with E-state index < -0.39 is 9.84 Å². The Bertz CT molecular complexity index is 1080. The third-order valence-electron chi connectivity index (χ3n) is 4.50. The van der Waals surface area contributed by atoms with Crippen LogP contribution in [-0.4, -0.2) is 43.7 Å². The predicted molar refractivity (Wildman–Crippen MR) is 136 cm³/mol. The summed E-state index contributed by atoms with van der Waals surface area (Å²) in [5.41, 5.74) is 3.12. The summed E-state index contributed by atoms with van der Waals surface area (Å²) in [4.78, 5) is 12.6. The van der Waals surface area contributed by atoms with Crippen molar-refractivity contribution in [3.8, 4) is 11.3 Å². The molecule has 0 aliphatic carbocycles. The van der Waals surface area contributed by atoms with E-state index in [-0.39, 0.29) is 24.0 Å². The number of nitrogens with zero attached hydrogens (tertiary/aromatic N) is 2. The number of rotatable bonds is 8. The Morgan fingerprint density at radius 3 is 2.42 bits per heavy atom. The normalized spacial score (nSPS) is 11.6.